The largest absolute Gasteiger partial charge is 0.494 e. The summed E-state index contributed by atoms with van der Waals surface area (Å²) in [5.74, 6) is 0.465. The van der Waals surface area contributed by atoms with E-state index in [1.165, 1.54) is 57.2 Å². The number of thioether (sulfide) groups is 1. The molecule has 0 saturated carbocycles. The molecule has 0 N–H and O–H groups in total. The zero-order valence-corrected chi connectivity index (χ0v) is 26.7. The Labute approximate surface area is 256 Å². The molecule has 42 heavy (non-hydrogen) atoms. The average Bonchev–Trinajstić information content (AvgIpc) is 2.96. The number of piperazine rings is 1. The van der Waals surface area contributed by atoms with E-state index in [9.17, 15) is 14.0 Å². The van der Waals surface area contributed by atoms with Crippen molar-refractivity contribution in [3.8, 4) is 23.0 Å². The number of benzene rings is 2. The van der Waals surface area contributed by atoms with E-state index >= 15 is 0 Å². The van der Waals surface area contributed by atoms with Crippen LogP contribution in [0.1, 0.15) is 26.3 Å². The van der Waals surface area contributed by atoms with Crippen molar-refractivity contribution in [1.29, 1.82) is 0 Å². The van der Waals surface area contributed by atoms with Gasteiger partial charge in [-0.2, -0.15) is 0 Å². The maximum absolute atomic E-state index is 14.5. The van der Waals surface area contributed by atoms with Gasteiger partial charge in [0.1, 0.15) is 9.92 Å². The third kappa shape index (κ3) is 8.54. The highest BCUT2D eigenvalue weighted by atomic mass is 32.2. The molecule has 0 aliphatic carbocycles. The molecule has 0 atom stereocenters. The summed E-state index contributed by atoms with van der Waals surface area (Å²) in [4.78, 5) is 31.2. The number of amides is 2. The van der Waals surface area contributed by atoms with Crippen LogP contribution in [0.5, 0.6) is 23.0 Å². The summed E-state index contributed by atoms with van der Waals surface area (Å²) in [5, 5.41) is 0. The maximum Gasteiger partial charge on any atom is 0.410 e. The third-order valence-electron chi connectivity index (χ3n) is 6.33. The molecule has 0 spiro atoms. The molecule has 0 bridgehead atoms. The number of hydrogen-bond acceptors (Lipinski definition) is 9. The molecule has 10 nitrogen and oxygen atoms in total. The molecule has 1 aliphatic rings. The van der Waals surface area contributed by atoms with Gasteiger partial charge in [0.15, 0.2) is 23.1 Å². The second-order valence-corrected chi connectivity index (χ2v) is 12.0. The van der Waals surface area contributed by atoms with E-state index in [1.807, 2.05) is 25.7 Å². The van der Waals surface area contributed by atoms with Crippen molar-refractivity contribution in [2.24, 2.45) is 0 Å². The number of thiocarbonyl (C=S) groups is 1. The van der Waals surface area contributed by atoms with E-state index in [0.29, 0.717) is 59.0 Å². The van der Waals surface area contributed by atoms with Crippen molar-refractivity contribution in [2.45, 2.75) is 32.9 Å². The van der Waals surface area contributed by atoms with Crippen LogP contribution < -0.4 is 23.8 Å². The molecule has 1 heterocycles. The number of hydrogen-bond donors (Lipinski definition) is 0. The lowest BCUT2D eigenvalue weighted by Gasteiger charge is -2.36. The van der Waals surface area contributed by atoms with Crippen molar-refractivity contribution in [3.05, 3.63) is 41.7 Å². The van der Waals surface area contributed by atoms with Crippen molar-refractivity contribution in [2.75, 3.05) is 65.3 Å². The molecule has 1 saturated heterocycles. The summed E-state index contributed by atoms with van der Waals surface area (Å²) < 4.78 is 42.0. The Morgan fingerprint density at radius 2 is 1.48 bits per heavy atom. The number of carbonyl (C=O) groups is 2. The van der Waals surface area contributed by atoms with Gasteiger partial charge in [0.2, 0.25) is 11.7 Å². The van der Waals surface area contributed by atoms with Gasteiger partial charge in [0, 0.05) is 38.3 Å². The maximum atomic E-state index is 14.5. The van der Waals surface area contributed by atoms with E-state index in [-0.39, 0.29) is 30.0 Å². The van der Waals surface area contributed by atoms with E-state index in [0.717, 1.165) is 0 Å². The predicted octanol–water partition coefficient (Wildman–Crippen LogP) is 4.96. The van der Waals surface area contributed by atoms with E-state index in [4.69, 9.17) is 35.9 Å². The third-order valence-corrected chi connectivity index (χ3v) is 7.84. The normalized spacial score (nSPS) is 13.3. The van der Waals surface area contributed by atoms with Gasteiger partial charge in [-0.05, 0) is 38.5 Å². The second kappa shape index (κ2) is 14.6. The lowest BCUT2D eigenvalue weighted by atomic mass is 10.1. The molecule has 13 heteroatoms. The van der Waals surface area contributed by atoms with Crippen LogP contribution in [0.3, 0.4) is 0 Å². The molecule has 1 fully saturated rings. The monoisotopic (exact) mass is 623 g/mol. The van der Waals surface area contributed by atoms with Gasteiger partial charge in [-0.25, -0.2) is 9.18 Å². The minimum absolute atomic E-state index is 0.0282. The van der Waals surface area contributed by atoms with Gasteiger partial charge < -0.3 is 38.4 Å². The van der Waals surface area contributed by atoms with Crippen LogP contribution in [-0.4, -0.2) is 92.1 Å². The second-order valence-electron chi connectivity index (χ2n) is 10.3. The van der Waals surface area contributed by atoms with Crippen LogP contribution in [0.4, 0.5) is 14.9 Å². The number of methoxy groups -OCH3 is 4. The fraction of sp³-hybridized carbons (Fsp3) is 0.483. The minimum Gasteiger partial charge on any atom is -0.494 e. The molecule has 2 aromatic rings. The summed E-state index contributed by atoms with van der Waals surface area (Å²) >= 11 is 6.87. The molecular formula is C29H38FN3O7S2. The Morgan fingerprint density at radius 1 is 0.905 bits per heavy atom. The summed E-state index contributed by atoms with van der Waals surface area (Å²) in [5.41, 5.74) is 0.464. The minimum atomic E-state index is -0.568. The van der Waals surface area contributed by atoms with E-state index in [2.05, 4.69) is 0 Å². The first kappa shape index (κ1) is 33.1. The van der Waals surface area contributed by atoms with E-state index < -0.39 is 11.4 Å². The van der Waals surface area contributed by atoms with Crippen LogP contribution in [-0.2, 0) is 16.1 Å². The molecule has 3 rings (SSSR count). The molecule has 0 aromatic heterocycles. The summed E-state index contributed by atoms with van der Waals surface area (Å²) in [6.45, 7) is 7.54. The van der Waals surface area contributed by atoms with Crippen molar-refractivity contribution < 1.29 is 37.7 Å². The Kier molecular flexibility index (Phi) is 11.5. The Hall–Kier alpha value is -3.45. The lowest BCUT2D eigenvalue weighted by Crippen LogP contribution is -2.51. The number of rotatable bonds is 9. The Bertz CT molecular complexity index is 1260. The van der Waals surface area contributed by atoms with Crippen LogP contribution >= 0.6 is 24.0 Å². The molecule has 230 valence electrons. The molecular weight excluding hydrogens is 585 g/mol. The zero-order chi connectivity index (χ0) is 31.0. The van der Waals surface area contributed by atoms with Crippen molar-refractivity contribution in [1.82, 2.24) is 9.80 Å². The smallest absolute Gasteiger partial charge is 0.410 e. The molecule has 0 unspecified atom stereocenters. The van der Waals surface area contributed by atoms with Crippen LogP contribution in [0.15, 0.2) is 30.3 Å². The van der Waals surface area contributed by atoms with Crippen LogP contribution in [0.2, 0.25) is 0 Å². The van der Waals surface area contributed by atoms with Crippen molar-refractivity contribution in [3.63, 3.8) is 0 Å². The average molecular weight is 624 g/mol. The van der Waals surface area contributed by atoms with E-state index in [1.54, 1.807) is 23.1 Å². The van der Waals surface area contributed by atoms with Gasteiger partial charge in [0.05, 0.1) is 46.4 Å². The highest BCUT2D eigenvalue weighted by Gasteiger charge is 2.28. The first-order valence-electron chi connectivity index (χ1n) is 13.2. The van der Waals surface area contributed by atoms with Gasteiger partial charge >= 0.3 is 6.09 Å². The first-order valence-corrected chi connectivity index (χ1v) is 14.6. The number of anilines is 1. The molecule has 1 aliphatic heterocycles. The molecule has 2 amide bonds. The number of carbonyl (C=O) groups excluding carboxylic acids is 2. The SMILES string of the molecule is COc1ccc(CN(C(=O)CSC(=S)N2CCN(C(=O)OC(C)(C)C)CC2)c2cc(OC)c(OC)c(OC)c2)cc1F. The van der Waals surface area contributed by atoms with Gasteiger partial charge in [0.25, 0.3) is 0 Å². The predicted molar refractivity (Wildman–Crippen MR) is 165 cm³/mol. The molecule has 2 aromatic carbocycles. The first-order chi connectivity index (χ1) is 19.9. The van der Waals surface area contributed by atoms with Crippen molar-refractivity contribution >= 4 is 46.0 Å². The summed E-state index contributed by atoms with van der Waals surface area (Å²) in [6.07, 6.45) is -0.355. The zero-order valence-electron chi connectivity index (χ0n) is 25.0. The number of halogens is 1. The Morgan fingerprint density at radius 3 is 1.98 bits per heavy atom. The van der Waals surface area contributed by atoms with Gasteiger partial charge in [-0.15, -0.1) is 0 Å². The van der Waals surface area contributed by atoms with Gasteiger partial charge in [-0.3, -0.25) is 4.79 Å². The summed E-state index contributed by atoms with van der Waals surface area (Å²) in [6, 6.07) is 7.88. The summed E-state index contributed by atoms with van der Waals surface area (Å²) in [7, 11) is 5.86. The highest BCUT2D eigenvalue weighted by Crippen LogP contribution is 2.41. The standard InChI is InChI=1S/C29H38FN3O7S2/c1-29(2,3)40-27(35)31-10-12-32(13-11-31)28(41)42-18-25(34)33(17-19-8-9-22(36-4)21(30)14-19)20-15-23(37-5)26(39-7)24(16-20)38-6/h8-9,14-16H,10-13,17-18H2,1-7H3. The molecule has 0 radical (unpaired) electrons. The fourth-order valence-corrected chi connectivity index (χ4v) is 5.36. The highest BCUT2D eigenvalue weighted by molar-refractivity contribution is 8.23. The van der Waals surface area contributed by atoms with Gasteiger partial charge in [-0.1, -0.05) is 30.0 Å². The topological polar surface area (TPSA) is 90.0 Å². The van der Waals surface area contributed by atoms with Crippen LogP contribution in [0.25, 0.3) is 0 Å². The number of nitrogens with zero attached hydrogens (tertiary/aromatic N) is 3. The Balaban J connectivity index is 1.76. The van der Waals surface area contributed by atoms with Crippen LogP contribution in [0, 0.1) is 5.82 Å². The quantitative estimate of drug-likeness (QED) is 0.357. The lowest BCUT2D eigenvalue weighted by molar-refractivity contribution is -0.116. The fourth-order valence-electron chi connectivity index (χ4n) is 4.23. The number of ether oxygens (including phenoxy) is 5.